The lowest BCUT2D eigenvalue weighted by Crippen LogP contribution is -1.92. The molecule has 6 rings (SSSR count). The van der Waals surface area contributed by atoms with Crippen LogP contribution in [0.25, 0.3) is 50.0 Å². The predicted octanol–water partition coefficient (Wildman–Crippen LogP) is 6.30. The minimum Gasteiger partial charge on any atom is -0.301 e. The Bertz CT molecular complexity index is 1520. The van der Waals surface area contributed by atoms with Crippen molar-refractivity contribution in [2.24, 2.45) is 0 Å². The molecule has 0 bridgehead atoms. The number of aromatic nitrogens is 4. The number of nitrogens with zero attached hydrogens (tertiary/aromatic N) is 4. The molecule has 0 aliphatic carbocycles. The molecule has 0 aliphatic rings. The second kappa shape index (κ2) is 7.18. The van der Waals surface area contributed by atoms with Gasteiger partial charge in [-0.05, 0) is 29.8 Å². The first kappa shape index (κ1) is 17.5. The van der Waals surface area contributed by atoms with Crippen molar-refractivity contribution in [2.75, 3.05) is 0 Å². The van der Waals surface area contributed by atoms with Crippen LogP contribution in [0.2, 0.25) is 0 Å². The maximum absolute atomic E-state index is 4.94. The number of rotatable bonds is 3. The second-order valence-corrected chi connectivity index (χ2v) is 7.48. The summed E-state index contributed by atoms with van der Waals surface area (Å²) in [5, 5.41) is 2.14. The van der Waals surface area contributed by atoms with Crippen LogP contribution in [-0.2, 0) is 0 Å². The summed E-state index contributed by atoms with van der Waals surface area (Å²) in [5.74, 6) is 0. The highest BCUT2D eigenvalue weighted by Gasteiger charge is 2.13. The molecule has 4 nitrogen and oxygen atoms in total. The van der Waals surface area contributed by atoms with Gasteiger partial charge in [-0.3, -0.25) is 0 Å². The van der Waals surface area contributed by atoms with Crippen molar-refractivity contribution in [3.05, 3.63) is 110 Å². The van der Waals surface area contributed by atoms with Gasteiger partial charge in [-0.2, -0.15) is 0 Å². The van der Waals surface area contributed by atoms with Crippen molar-refractivity contribution in [2.45, 2.75) is 0 Å². The van der Waals surface area contributed by atoms with Crippen molar-refractivity contribution >= 4 is 21.9 Å². The average Bonchev–Trinajstić information content (AvgIpc) is 3.24. The fraction of sp³-hybridized carbons (Fsp3) is 0. The fourth-order valence-corrected chi connectivity index (χ4v) is 4.03. The van der Waals surface area contributed by atoms with E-state index in [-0.39, 0.29) is 0 Å². The lowest BCUT2D eigenvalue weighted by atomic mass is 10.0. The van der Waals surface area contributed by atoms with E-state index in [9.17, 15) is 0 Å². The summed E-state index contributed by atoms with van der Waals surface area (Å²) in [6, 6.07) is 31.1. The molecule has 6 aromatic rings. The van der Waals surface area contributed by atoms with E-state index in [4.69, 9.17) is 4.98 Å². The van der Waals surface area contributed by atoms with Gasteiger partial charge in [0.1, 0.15) is 12.0 Å². The smallest absolute Gasteiger partial charge is 0.148 e. The van der Waals surface area contributed by atoms with Crippen molar-refractivity contribution in [1.82, 2.24) is 19.5 Å². The van der Waals surface area contributed by atoms with Crippen LogP contribution in [-0.4, -0.2) is 19.5 Å². The van der Waals surface area contributed by atoms with Gasteiger partial charge in [-0.25, -0.2) is 15.0 Å². The van der Waals surface area contributed by atoms with E-state index in [0.717, 1.165) is 50.0 Å². The SMILES string of the molecule is c1ccc(-c2ccc3ccc(-c4cn(-c5ccccc5)c5ncncc45)cc3n2)cc1. The second-order valence-electron chi connectivity index (χ2n) is 7.48. The molecule has 0 saturated carbocycles. The average molecular weight is 398 g/mol. The fourth-order valence-electron chi connectivity index (χ4n) is 4.03. The number of pyridine rings is 1. The Hall–Kier alpha value is -4.31. The van der Waals surface area contributed by atoms with Gasteiger partial charge in [0.15, 0.2) is 0 Å². The first-order valence-electron chi connectivity index (χ1n) is 10.2. The summed E-state index contributed by atoms with van der Waals surface area (Å²) in [7, 11) is 0. The summed E-state index contributed by atoms with van der Waals surface area (Å²) < 4.78 is 2.12. The minimum atomic E-state index is 0.891. The summed E-state index contributed by atoms with van der Waals surface area (Å²) in [4.78, 5) is 13.8. The Morgan fingerprint density at radius 1 is 0.710 bits per heavy atom. The number of fused-ring (bicyclic) bond motifs is 2. The monoisotopic (exact) mass is 398 g/mol. The van der Waals surface area contributed by atoms with Gasteiger partial charge in [-0.1, -0.05) is 66.7 Å². The molecule has 0 radical (unpaired) electrons. The molecule has 146 valence electrons. The van der Waals surface area contributed by atoms with E-state index in [0.29, 0.717) is 0 Å². The lowest BCUT2D eigenvalue weighted by Gasteiger charge is -2.06. The van der Waals surface area contributed by atoms with Gasteiger partial charge in [-0.15, -0.1) is 0 Å². The molecular weight excluding hydrogens is 380 g/mol. The van der Waals surface area contributed by atoms with Crippen molar-refractivity contribution in [3.63, 3.8) is 0 Å². The summed E-state index contributed by atoms with van der Waals surface area (Å²) in [6.45, 7) is 0. The zero-order valence-electron chi connectivity index (χ0n) is 16.7. The lowest BCUT2D eigenvalue weighted by molar-refractivity contribution is 1.08. The molecule has 31 heavy (non-hydrogen) atoms. The maximum Gasteiger partial charge on any atom is 0.148 e. The topological polar surface area (TPSA) is 43.6 Å². The van der Waals surface area contributed by atoms with Gasteiger partial charge in [0.25, 0.3) is 0 Å². The molecule has 0 saturated heterocycles. The number of hydrogen-bond acceptors (Lipinski definition) is 3. The molecule has 4 heteroatoms. The van der Waals surface area contributed by atoms with Crippen LogP contribution >= 0.6 is 0 Å². The molecular formula is C27H18N4. The van der Waals surface area contributed by atoms with E-state index in [1.54, 1.807) is 6.33 Å². The van der Waals surface area contributed by atoms with Crippen molar-refractivity contribution in [1.29, 1.82) is 0 Å². The predicted molar refractivity (Wildman–Crippen MR) is 125 cm³/mol. The molecule has 0 spiro atoms. The highest BCUT2D eigenvalue weighted by molar-refractivity contribution is 5.97. The number of benzene rings is 3. The van der Waals surface area contributed by atoms with E-state index in [2.05, 4.69) is 75.3 Å². The maximum atomic E-state index is 4.94. The van der Waals surface area contributed by atoms with E-state index in [1.807, 2.05) is 42.6 Å². The normalized spacial score (nSPS) is 11.2. The molecule has 0 fully saturated rings. The van der Waals surface area contributed by atoms with Crippen LogP contribution in [0.3, 0.4) is 0 Å². The summed E-state index contributed by atoms with van der Waals surface area (Å²) in [6.07, 6.45) is 5.62. The van der Waals surface area contributed by atoms with Gasteiger partial charge in [0.05, 0.1) is 11.2 Å². The Morgan fingerprint density at radius 2 is 1.48 bits per heavy atom. The Kier molecular flexibility index (Phi) is 4.06. The standard InChI is InChI=1S/C27H18N4/c1-3-7-19(8-4-1)25-14-13-20-11-12-21(15-26(20)30-25)24-17-31(22-9-5-2-6-10-22)27-23(24)16-28-18-29-27/h1-18H. The molecule has 3 aromatic carbocycles. The Labute approximate surface area is 179 Å². The third kappa shape index (κ3) is 3.06. The molecule has 3 heterocycles. The molecule has 0 atom stereocenters. The highest BCUT2D eigenvalue weighted by Crippen LogP contribution is 2.33. The van der Waals surface area contributed by atoms with Gasteiger partial charge >= 0.3 is 0 Å². The van der Waals surface area contributed by atoms with E-state index < -0.39 is 0 Å². The van der Waals surface area contributed by atoms with Crippen molar-refractivity contribution in [3.8, 4) is 28.1 Å². The molecule has 0 aliphatic heterocycles. The first-order valence-corrected chi connectivity index (χ1v) is 10.2. The zero-order chi connectivity index (χ0) is 20.6. The van der Waals surface area contributed by atoms with Crippen LogP contribution in [0.5, 0.6) is 0 Å². The zero-order valence-corrected chi connectivity index (χ0v) is 16.7. The van der Waals surface area contributed by atoms with Crippen LogP contribution < -0.4 is 0 Å². The van der Waals surface area contributed by atoms with Crippen LogP contribution in [0.1, 0.15) is 0 Å². The van der Waals surface area contributed by atoms with E-state index in [1.165, 1.54) is 0 Å². The number of hydrogen-bond donors (Lipinski definition) is 0. The molecule has 3 aromatic heterocycles. The van der Waals surface area contributed by atoms with E-state index >= 15 is 0 Å². The molecule has 0 amide bonds. The first-order chi connectivity index (χ1) is 15.4. The van der Waals surface area contributed by atoms with Gasteiger partial charge < -0.3 is 4.57 Å². The largest absolute Gasteiger partial charge is 0.301 e. The van der Waals surface area contributed by atoms with Gasteiger partial charge in [0, 0.05) is 40.0 Å². The Balaban J connectivity index is 1.54. The third-order valence-corrected chi connectivity index (χ3v) is 5.57. The summed E-state index contributed by atoms with van der Waals surface area (Å²) >= 11 is 0. The summed E-state index contributed by atoms with van der Waals surface area (Å²) in [5.41, 5.74) is 7.21. The highest BCUT2D eigenvalue weighted by atomic mass is 15.0. The Morgan fingerprint density at radius 3 is 2.32 bits per heavy atom. The third-order valence-electron chi connectivity index (χ3n) is 5.57. The minimum absolute atomic E-state index is 0.891. The van der Waals surface area contributed by atoms with Crippen molar-refractivity contribution < 1.29 is 0 Å². The molecule has 0 unspecified atom stereocenters. The van der Waals surface area contributed by atoms with Crippen LogP contribution in [0.15, 0.2) is 110 Å². The van der Waals surface area contributed by atoms with Crippen LogP contribution in [0, 0.1) is 0 Å². The van der Waals surface area contributed by atoms with Crippen LogP contribution in [0.4, 0.5) is 0 Å². The van der Waals surface area contributed by atoms with Gasteiger partial charge in [0.2, 0.25) is 0 Å². The molecule has 0 N–H and O–H groups in total. The quantitative estimate of drug-likeness (QED) is 0.351. The number of para-hydroxylation sites is 1.